The summed E-state index contributed by atoms with van der Waals surface area (Å²) in [6.45, 7) is 5.80. The van der Waals surface area contributed by atoms with Crippen LogP contribution in [0, 0.1) is 0 Å². The molecule has 156 valence electrons. The van der Waals surface area contributed by atoms with Crippen LogP contribution in [0.25, 0.3) is 0 Å². The normalized spacial score (nSPS) is 19.1. The van der Waals surface area contributed by atoms with Crippen molar-refractivity contribution in [1.82, 2.24) is 9.91 Å². The molecule has 2 aliphatic heterocycles. The van der Waals surface area contributed by atoms with E-state index < -0.39 is 30.3 Å². The molecule has 0 saturated carbocycles. The van der Waals surface area contributed by atoms with Gasteiger partial charge in [-0.3, -0.25) is 9.69 Å². The summed E-state index contributed by atoms with van der Waals surface area (Å²) in [7, 11) is 0. The molecule has 3 rings (SSSR count). The molecule has 2 aliphatic rings. The molecule has 8 nitrogen and oxygen atoms in total. The van der Waals surface area contributed by atoms with Crippen LogP contribution in [0.4, 0.5) is 4.79 Å². The summed E-state index contributed by atoms with van der Waals surface area (Å²) < 4.78 is 10.6. The van der Waals surface area contributed by atoms with Gasteiger partial charge in [-0.25, -0.2) is 14.6 Å². The molecule has 0 aromatic heterocycles. The van der Waals surface area contributed by atoms with Crippen LogP contribution in [0.1, 0.15) is 45.6 Å². The summed E-state index contributed by atoms with van der Waals surface area (Å²) in [5.74, 6) is -0.973. The Morgan fingerprint density at radius 1 is 1.14 bits per heavy atom. The minimum Gasteiger partial charge on any atom is -0.454 e. The van der Waals surface area contributed by atoms with E-state index in [4.69, 9.17) is 9.47 Å². The quantitative estimate of drug-likeness (QED) is 0.724. The standard InChI is InChI=1S/C21H27N3O5/c1-21(2,3)29-20(27)23-12-7-10-17(23)19(26)28-14-18(25)24-13-11-16(22-24)15-8-5-4-6-9-15/h4-6,8-9,17H,7,10-14H2,1-3H3/t17-/m0/s1. The van der Waals surface area contributed by atoms with Crippen LogP contribution in [0.3, 0.4) is 0 Å². The van der Waals surface area contributed by atoms with Crippen molar-refractivity contribution in [3.05, 3.63) is 35.9 Å². The number of benzene rings is 1. The van der Waals surface area contributed by atoms with Gasteiger partial charge in [0.1, 0.15) is 11.6 Å². The van der Waals surface area contributed by atoms with Crippen LogP contribution in [-0.4, -0.2) is 64.9 Å². The second kappa shape index (κ2) is 8.63. The molecular formula is C21H27N3O5. The highest BCUT2D eigenvalue weighted by molar-refractivity contribution is 6.02. The van der Waals surface area contributed by atoms with Crippen LogP contribution in [0.5, 0.6) is 0 Å². The Labute approximate surface area is 170 Å². The number of likely N-dealkylation sites (tertiary alicyclic amines) is 1. The van der Waals surface area contributed by atoms with Gasteiger partial charge in [0, 0.05) is 13.0 Å². The van der Waals surface area contributed by atoms with Gasteiger partial charge in [-0.1, -0.05) is 30.3 Å². The zero-order valence-corrected chi connectivity index (χ0v) is 17.1. The van der Waals surface area contributed by atoms with E-state index >= 15 is 0 Å². The van der Waals surface area contributed by atoms with Gasteiger partial charge in [0.25, 0.3) is 5.91 Å². The van der Waals surface area contributed by atoms with E-state index in [1.165, 1.54) is 9.91 Å². The molecule has 1 saturated heterocycles. The van der Waals surface area contributed by atoms with Crippen molar-refractivity contribution in [3.63, 3.8) is 0 Å². The lowest BCUT2D eigenvalue weighted by atomic mass is 10.1. The fraction of sp³-hybridized carbons (Fsp3) is 0.524. The molecular weight excluding hydrogens is 374 g/mol. The smallest absolute Gasteiger partial charge is 0.411 e. The number of esters is 1. The number of hydrogen-bond donors (Lipinski definition) is 0. The molecule has 2 heterocycles. The number of amides is 2. The number of hydrazone groups is 1. The first-order valence-electron chi connectivity index (χ1n) is 9.84. The van der Waals surface area contributed by atoms with Crippen molar-refractivity contribution in [2.45, 2.75) is 51.7 Å². The van der Waals surface area contributed by atoms with E-state index in [-0.39, 0.29) is 5.91 Å². The van der Waals surface area contributed by atoms with Crippen LogP contribution >= 0.6 is 0 Å². The van der Waals surface area contributed by atoms with Gasteiger partial charge in [-0.2, -0.15) is 5.10 Å². The second-order valence-corrected chi connectivity index (χ2v) is 8.12. The molecule has 1 atom stereocenters. The monoisotopic (exact) mass is 401 g/mol. The number of hydrogen-bond acceptors (Lipinski definition) is 6. The van der Waals surface area contributed by atoms with Crippen molar-refractivity contribution >= 4 is 23.7 Å². The SMILES string of the molecule is CC(C)(C)OC(=O)N1CCC[C@H]1C(=O)OCC(=O)N1CCC(c2ccccc2)=N1. The van der Waals surface area contributed by atoms with Gasteiger partial charge in [-0.05, 0) is 39.2 Å². The molecule has 1 fully saturated rings. The fourth-order valence-electron chi connectivity index (χ4n) is 3.32. The first-order valence-corrected chi connectivity index (χ1v) is 9.84. The highest BCUT2D eigenvalue weighted by atomic mass is 16.6. The highest BCUT2D eigenvalue weighted by Gasteiger charge is 2.38. The number of ether oxygens (including phenoxy) is 2. The van der Waals surface area contributed by atoms with Crippen molar-refractivity contribution < 1.29 is 23.9 Å². The Hall–Kier alpha value is -2.90. The van der Waals surface area contributed by atoms with Gasteiger partial charge in [0.05, 0.1) is 12.3 Å². The molecule has 0 bridgehead atoms. The lowest BCUT2D eigenvalue weighted by Crippen LogP contribution is -2.44. The van der Waals surface area contributed by atoms with Gasteiger partial charge in [0.15, 0.2) is 6.61 Å². The van der Waals surface area contributed by atoms with Gasteiger partial charge in [-0.15, -0.1) is 0 Å². The average Bonchev–Trinajstić information content (AvgIpc) is 3.35. The third-order valence-electron chi connectivity index (χ3n) is 4.69. The highest BCUT2D eigenvalue weighted by Crippen LogP contribution is 2.22. The fourth-order valence-corrected chi connectivity index (χ4v) is 3.32. The van der Waals surface area contributed by atoms with Crippen molar-refractivity contribution in [2.75, 3.05) is 19.7 Å². The van der Waals surface area contributed by atoms with Crippen LogP contribution in [0.2, 0.25) is 0 Å². The summed E-state index contributed by atoms with van der Waals surface area (Å²) in [6, 6.07) is 8.92. The van der Waals surface area contributed by atoms with Crippen molar-refractivity contribution in [2.24, 2.45) is 5.10 Å². The molecule has 0 aliphatic carbocycles. The molecule has 0 radical (unpaired) electrons. The topological polar surface area (TPSA) is 88.5 Å². The second-order valence-electron chi connectivity index (χ2n) is 8.12. The minimum absolute atomic E-state index is 0.383. The molecule has 1 aromatic rings. The maximum atomic E-state index is 12.5. The lowest BCUT2D eigenvalue weighted by molar-refractivity contribution is -0.155. The molecule has 2 amide bonds. The zero-order valence-electron chi connectivity index (χ0n) is 17.1. The van der Waals surface area contributed by atoms with Crippen molar-refractivity contribution in [3.8, 4) is 0 Å². The summed E-state index contributed by atoms with van der Waals surface area (Å²) in [6.07, 6.45) is 1.29. The Morgan fingerprint density at radius 2 is 1.86 bits per heavy atom. The summed E-state index contributed by atoms with van der Waals surface area (Å²) in [4.78, 5) is 38.5. The molecule has 0 spiro atoms. The van der Waals surface area contributed by atoms with E-state index in [1.807, 2.05) is 30.3 Å². The van der Waals surface area contributed by atoms with Gasteiger partial charge >= 0.3 is 12.1 Å². The first-order chi connectivity index (χ1) is 13.7. The molecule has 1 aromatic carbocycles. The van der Waals surface area contributed by atoms with E-state index in [2.05, 4.69) is 5.10 Å². The largest absolute Gasteiger partial charge is 0.454 e. The lowest BCUT2D eigenvalue weighted by Gasteiger charge is -2.27. The molecule has 0 unspecified atom stereocenters. The number of carbonyl (C=O) groups excluding carboxylic acids is 3. The Balaban J connectivity index is 1.53. The van der Waals surface area contributed by atoms with E-state index in [0.717, 1.165) is 11.3 Å². The van der Waals surface area contributed by atoms with Crippen LogP contribution < -0.4 is 0 Å². The Morgan fingerprint density at radius 3 is 2.55 bits per heavy atom. The molecule has 8 heteroatoms. The number of carbonyl (C=O) groups is 3. The maximum Gasteiger partial charge on any atom is 0.411 e. The summed E-state index contributed by atoms with van der Waals surface area (Å²) in [5.41, 5.74) is 1.16. The summed E-state index contributed by atoms with van der Waals surface area (Å²) >= 11 is 0. The summed E-state index contributed by atoms with van der Waals surface area (Å²) in [5, 5.41) is 5.67. The van der Waals surface area contributed by atoms with Crippen molar-refractivity contribution in [1.29, 1.82) is 0 Å². The average molecular weight is 401 g/mol. The first kappa shape index (κ1) is 20.8. The van der Waals surface area contributed by atoms with Crippen LogP contribution in [0.15, 0.2) is 35.4 Å². The molecule has 0 N–H and O–H groups in total. The predicted octanol–water partition coefficient (Wildman–Crippen LogP) is 2.57. The van der Waals surface area contributed by atoms with E-state index in [1.54, 1.807) is 20.8 Å². The Bertz CT molecular complexity index is 800. The minimum atomic E-state index is -0.723. The van der Waals surface area contributed by atoms with E-state index in [0.29, 0.717) is 32.4 Å². The van der Waals surface area contributed by atoms with Crippen LogP contribution in [-0.2, 0) is 19.1 Å². The van der Waals surface area contributed by atoms with E-state index in [9.17, 15) is 14.4 Å². The van der Waals surface area contributed by atoms with Gasteiger partial charge in [0.2, 0.25) is 0 Å². The number of nitrogens with zero attached hydrogens (tertiary/aromatic N) is 3. The Kier molecular flexibility index (Phi) is 6.20. The predicted molar refractivity (Wildman–Crippen MR) is 106 cm³/mol. The zero-order chi connectivity index (χ0) is 21.0. The third kappa shape index (κ3) is 5.34. The van der Waals surface area contributed by atoms with Gasteiger partial charge < -0.3 is 9.47 Å². The number of rotatable bonds is 4. The molecule has 29 heavy (non-hydrogen) atoms. The third-order valence-corrected chi connectivity index (χ3v) is 4.69. The maximum absolute atomic E-state index is 12.5.